The van der Waals surface area contributed by atoms with Gasteiger partial charge in [0.25, 0.3) is 5.91 Å². The zero-order chi connectivity index (χ0) is 17.5. The molecule has 2 rings (SSSR count). The first kappa shape index (κ1) is 17.9. The van der Waals surface area contributed by atoms with Crippen LogP contribution >= 0.6 is 0 Å². The fourth-order valence-corrected chi connectivity index (χ4v) is 2.65. The number of carbonyl (C=O) groups excluding carboxylic acids is 3. The van der Waals surface area contributed by atoms with Crippen LogP contribution in [0.4, 0.5) is 4.39 Å². The molecule has 1 aliphatic heterocycles. The van der Waals surface area contributed by atoms with Crippen LogP contribution in [0, 0.1) is 5.82 Å². The van der Waals surface area contributed by atoms with Crippen LogP contribution in [0.3, 0.4) is 0 Å². The van der Waals surface area contributed by atoms with Gasteiger partial charge in [0.15, 0.2) is 0 Å². The predicted octanol–water partition coefficient (Wildman–Crippen LogP) is 1.07. The number of carbonyl (C=O) groups is 3. The van der Waals surface area contributed by atoms with Crippen molar-refractivity contribution in [2.45, 2.75) is 32.2 Å². The van der Waals surface area contributed by atoms with E-state index < -0.39 is 5.82 Å². The van der Waals surface area contributed by atoms with E-state index in [0.717, 1.165) is 6.42 Å². The Kier molecular flexibility index (Phi) is 6.28. The molecule has 1 saturated heterocycles. The van der Waals surface area contributed by atoms with Crippen LogP contribution in [0.5, 0.6) is 0 Å². The van der Waals surface area contributed by atoms with Crippen molar-refractivity contribution < 1.29 is 18.8 Å². The molecule has 1 atom stereocenters. The lowest BCUT2D eigenvalue weighted by atomic mass is 10.2. The normalized spacial score (nSPS) is 17.0. The first-order chi connectivity index (χ1) is 11.5. The molecule has 0 radical (unpaired) electrons. The van der Waals surface area contributed by atoms with E-state index >= 15 is 0 Å². The predicted molar refractivity (Wildman–Crippen MR) is 86.8 cm³/mol. The van der Waals surface area contributed by atoms with Gasteiger partial charge in [-0.1, -0.05) is 6.92 Å². The van der Waals surface area contributed by atoms with Gasteiger partial charge in [-0.05, 0) is 30.7 Å². The third kappa shape index (κ3) is 5.04. The lowest BCUT2D eigenvalue weighted by Gasteiger charge is -2.16. The van der Waals surface area contributed by atoms with Gasteiger partial charge in [0.1, 0.15) is 5.82 Å². The summed E-state index contributed by atoms with van der Waals surface area (Å²) in [5.74, 6) is -0.903. The van der Waals surface area contributed by atoms with E-state index in [9.17, 15) is 18.8 Å². The lowest BCUT2D eigenvalue weighted by Crippen LogP contribution is -2.39. The maximum atomic E-state index is 12.8. The third-order valence-electron chi connectivity index (χ3n) is 3.82. The molecule has 0 unspecified atom stereocenters. The molecule has 1 heterocycles. The van der Waals surface area contributed by atoms with Gasteiger partial charge >= 0.3 is 0 Å². The average molecular weight is 335 g/mol. The Balaban J connectivity index is 1.69. The summed E-state index contributed by atoms with van der Waals surface area (Å²) in [7, 11) is 0. The molecule has 3 amide bonds. The van der Waals surface area contributed by atoms with E-state index in [0.29, 0.717) is 25.1 Å². The van der Waals surface area contributed by atoms with Crippen molar-refractivity contribution in [3.63, 3.8) is 0 Å². The minimum atomic E-state index is -0.408. The number of nitrogens with zero attached hydrogens (tertiary/aromatic N) is 1. The van der Waals surface area contributed by atoms with Gasteiger partial charge in [0.05, 0.1) is 6.04 Å². The molecule has 1 fully saturated rings. The number of halogens is 1. The largest absolute Gasteiger partial charge is 0.352 e. The molecule has 7 heteroatoms. The van der Waals surface area contributed by atoms with Crippen molar-refractivity contribution in [2.75, 3.05) is 19.6 Å². The average Bonchev–Trinajstić information content (AvgIpc) is 2.87. The van der Waals surface area contributed by atoms with Crippen molar-refractivity contribution in [1.82, 2.24) is 15.5 Å². The van der Waals surface area contributed by atoms with E-state index in [1.807, 2.05) is 6.92 Å². The van der Waals surface area contributed by atoms with Crippen LogP contribution in [0.15, 0.2) is 24.3 Å². The van der Waals surface area contributed by atoms with E-state index in [1.165, 1.54) is 24.3 Å². The van der Waals surface area contributed by atoms with Crippen molar-refractivity contribution in [3.8, 4) is 0 Å². The number of hydrogen-bond donors (Lipinski definition) is 2. The van der Waals surface area contributed by atoms with Crippen LogP contribution in [-0.2, 0) is 9.59 Å². The summed E-state index contributed by atoms with van der Waals surface area (Å²) in [5.41, 5.74) is 0.341. The van der Waals surface area contributed by atoms with E-state index in [1.54, 1.807) is 4.90 Å². The van der Waals surface area contributed by atoms with Crippen LogP contribution in [0.1, 0.15) is 36.5 Å². The van der Waals surface area contributed by atoms with Gasteiger partial charge in [-0.3, -0.25) is 14.4 Å². The number of rotatable bonds is 7. The van der Waals surface area contributed by atoms with Gasteiger partial charge in [0, 0.05) is 38.0 Å². The Labute approximate surface area is 140 Å². The van der Waals surface area contributed by atoms with Gasteiger partial charge in [-0.15, -0.1) is 0 Å². The summed E-state index contributed by atoms with van der Waals surface area (Å²) in [6.07, 6.45) is 1.35. The fourth-order valence-electron chi connectivity index (χ4n) is 2.65. The number of amides is 3. The highest BCUT2D eigenvalue weighted by molar-refractivity contribution is 5.94. The second-order valence-electron chi connectivity index (χ2n) is 5.82. The van der Waals surface area contributed by atoms with E-state index in [-0.39, 0.29) is 36.7 Å². The second kappa shape index (κ2) is 8.42. The zero-order valence-electron chi connectivity index (χ0n) is 13.7. The molecule has 0 aliphatic carbocycles. The van der Waals surface area contributed by atoms with Crippen molar-refractivity contribution in [1.29, 1.82) is 0 Å². The standard InChI is InChI=1S/C17H22FN3O3/c1-2-9-21-11-14(10-16(21)23)20-15(22)7-8-19-17(24)12-3-5-13(18)6-4-12/h3-6,14H,2,7-11H2,1H3,(H,19,24)(H,20,22)/t14-/m0/s1. The highest BCUT2D eigenvalue weighted by Crippen LogP contribution is 2.11. The van der Waals surface area contributed by atoms with Crippen LogP contribution in [0.2, 0.25) is 0 Å². The maximum Gasteiger partial charge on any atom is 0.251 e. The summed E-state index contributed by atoms with van der Waals surface area (Å²) in [4.78, 5) is 37.2. The highest BCUT2D eigenvalue weighted by Gasteiger charge is 2.29. The Hall–Kier alpha value is -2.44. The molecule has 0 bridgehead atoms. The molecule has 1 aliphatic rings. The SMILES string of the molecule is CCCN1C[C@@H](NC(=O)CCNC(=O)c2ccc(F)cc2)CC1=O. The minimum Gasteiger partial charge on any atom is -0.352 e. The van der Waals surface area contributed by atoms with Crippen LogP contribution in [0.25, 0.3) is 0 Å². The summed E-state index contributed by atoms with van der Waals surface area (Å²) in [6.45, 7) is 3.43. The summed E-state index contributed by atoms with van der Waals surface area (Å²) in [5, 5.41) is 5.43. The molecule has 0 aromatic heterocycles. The molecule has 1 aromatic rings. The third-order valence-corrected chi connectivity index (χ3v) is 3.82. The highest BCUT2D eigenvalue weighted by atomic mass is 19.1. The molecule has 0 spiro atoms. The number of nitrogens with one attached hydrogen (secondary N) is 2. The zero-order valence-corrected chi connectivity index (χ0v) is 13.7. The first-order valence-electron chi connectivity index (χ1n) is 8.10. The summed E-state index contributed by atoms with van der Waals surface area (Å²) in [6, 6.07) is 5.03. The first-order valence-corrected chi connectivity index (χ1v) is 8.10. The molecular formula is C17H22FN3O3. The van der Waals surface area contributed by atoms with Gasteiger partial charge < -0.3 is 15.5 Å². The monoisotopic (exact) mass is 335 g/mol. The van der Waals surface area contributed by atoms with Gasteiger partial charge in [-0.2, -0.15) is 0 Å². The number of likely N-dealkylation sites (tertiary alicyclic amines) is 1. The van der Waals surface area contributed by atoms with Crippen LogP contribution in [-0.4, -0.2) is 48.3 Å². The van der Waals surface area contributed by atoms with Crippen molar-refractivity contribution in [2.24, 2.45) is 0 Å². The number of hydrogen-bond acceptors (Lipinski definition) is 3. The van der Waals surface area contributed by atoms with Crippen molar-refractivity contribution >= 4 is 17.7 Å². The summed E-state index contributed by atoms with van der Waals surface area (Å²) < 4.78 is 12.8. The second-order valence-corrected chi connectivity index (χ2v) is 5.82. The topological polar surface area (TPSA) is 78.5 Å². The number of benzene rings is 1. The quantitative estimate of drug-likeness (QED) is 0.782. The van der Waals surface area contributed by atoms with Crippen molar-refractivity contribution in [3.05, 3.63) is 35.6 Å². The molecule has 1 aromatic carbocycles. The summed E-state index contributed by atoms with van der Waals surface area (Å²) >= 11 is 0. The molecule has 130 valence electrons. The van der Waals surface area contributed by atoms with E-state index in [4.69, 9.17) is 0 Å². The molecular weight excluding hydrogens is 313 g/mol. The maximum absolute atomic E-state index is 12.8. The minimum absolute atomic E-state index is 0.0618. The van der Waals surface area contributed by atoms with Crippen LogP contribution < -0.4 is 10.6 Å². The molecule has 24 heavy (non-hydrogen) atoms. The fraction of sp³-hybridized carbons (Fsp3) is 0.471. The van der Waals surface area contributed by atoms with Gasteiger partial charge in [-0.25, -0.2) is 4.39 Å². The molecule has 2 N–H and O–H groups in total. The van der Waals surface area contributed by atoms with E-state index in [2.05, 4.69) is 10.6 Å². The smallest absolute Gasteiger partial charge is 0.251 e. The van der Waals surface area contributed by atoms with Gasteiger partial charge in [0.2, 0.25) is 11.8 Å². The Morgan fingerprint density at radius 1 is 1.29 bits per heavy atom. The Bertz CT molecular complexity index is 604. The Morgan fingerprint density at radius 2 is 2.00 bits per heavy atom. The molecule has 6 nitrogen and oxygen atoms in total. The Morgan fingerprint density at radius 3 is 2.67 bits per heavy atom. The lowest BCUT2D eigenvalue weighted by molar-refractivity contribution is -0.127. The molecule has 0 saturated carbocycles.